The third-order valence-corrected chi connectivity index (χ3v) is 4.21. The zero-order valence-electron chi connectivity index (χ0n) is 12.1. The summed E-state index contributed by atoms with van der Waals surface area (Å²) in [7, 11) is 1.60. The Labute approximate surface area is 118 Å². The van der Waals surface area contributed by atoms with Gasteiger partial charge < -0.3 is 14.2 Å². The average molecular weight is 279 g/mol. The number of hydrogen-bond acceptors (Lipinski definition) is 5. The maximum Gasteiger partial charge on any atom is 0.252 e. The van der Waals surface area contributed by atoms with E-state index in [-0.39, 0.29) is 11.3 Å². The maximum atomic E-state index is 12.2. The van der Waals surface area contributed by atoms with E-state index in [0.29, 0.717) is 30.8 Å². The van der Waals surface area contributed by atoms with Crippen LogP contribution in [-0.2, 0) is 21.6 Å². The van der Waals surface area contributed by atoms with Crippen LogP contribution in [0.3, 0.4) is 0 Å². The molecule has 6 nitrogen and oxygen atoms in total. The summed E-state index contributed by atoms with van der Waals surface area (Å²) in [5, 5.41) is 4.08. The number of carbonyl (C=O) groups is 1. The summed E-state index contributed by atoms with van der Waals surface area (Å²) in [4.78, 5) is 18.6. The van der Waals surface area contributed by atoms with Crippen LogP contribution in [0.25, 0.3) is 0 Å². The first-order valence-electron chi connectivity index (χ1n) is 7.23. The minimum atomic E-state index is -0.210. The van der Waals surface area contributed by atoms with Gasteiger partial charge in [0, 0.05) is 31.5 Å². The van der Waals surface area contributed by atoms with Crippen molar-refractivity contribution in [2.45, 2.75) is 44.6 Å². The first-order valence-corrected chi connectivity index (χ1v) is 7.23. The second-order valence-electron chi connectivity index (χ2n) is 6.14. The Hall–Kier alpha value is -1.43. The molecule has 1 aliphatic carbocycles. The largest absolute Gasteiger partial charge is 0.375 e. The fraction of sp³-hybridized carbons (Fsp3) is 0.786. The molecule has 1 saturated carbocycles. The molecule has 6 heteroatoms. The zero-order valence-corrected chi connectivity index (χ0v) is 12.1. The van der Waals surface area contributed by atoms with Gasteiger partial charge in [-0.05, 0) is 25.7 Å². The predicted molar refractivity (Wildman–Crippen MR) is 70.9 cm³/mol. The summed E-state index contributed by atoms with van der Waals surface area (Å²) in [5.74, 6) is 1.76. The molecule has 2 fully saturated rings. The Kier molecular flexibility index (Phi) is 3.50. The highest BCUT2D eigenvalue weighted by atomic mass is 16.5. The highest BCUT2D eigenvalue weighted by Crippen LogP contribution is 2.36. The molecule has 1 saturated heterocycles. The van der Waals surface area contributed by atoms with E-state index >= 15 is 0 Å². The quantitative estimate of drug-likeness (QED) is 0.835. The van der Waals surface area contributed by atoms with Crippen LogP contribution in [0.4, 0.5) is 0 Å². The van der Waals surface area contributed by atoms with E-state index in [0.717, 1.165) is 32.2 Å². The molecule has 1 unspecified atom stereocenters. The molecule has 0 bridgehead atoms. The number of rotatable bonds is 4. The van der Waals surface area contributed by atoms with E-state index in [1.165, 1.54) is 0 Å². The van der Waals surface area contributed by atoms with Gasteiger partial charge in [0.2, 0.25) is 5.91 Å². The number of piperidine rings is 1. The molecule has 0 aromatic carbocycles. The molecular formula is C14H21N3O3. The number of nitrogens with zero attached hydrogens (tertiary/aromatic N) is 3. The van der Waals surface area contributed by atoms with Gasteiger partial charge in [0.1, 0.15) is 6.61 Å². The van der Waals surface area contributed by atoms with E-state index in [1.54, 1.807) is 7.11 Å². The fourth-order valence-corrected chi connectivity index (χ4v) is 2.88. The molecule has 0 radical (unpaired) electrons. The van der Waals surface area contributed by atoms with E-state index < -0.39 is 0 Å². The summed E-state index contributed by atoms with van der Waals surface area (Å²) in [5.41, 5.74) is -0.210. The van der Waals surface area contributed by atoms with Gasteiger partial charge in [-0.3, -0.25) is 4.79 Å². The van der Waals surface area contributed by atoms with Crippen molar-refractivity contribution in [1.82, 2.24) is 15.0 Å². The topological polar surface area (TPSA) is 68.5 Å². The molecule has 2 heterocycles. The van der Waals surface area contributed by atoms with Crippen LogP contribution in [-0.4, -0.2) is 41.1 Å². The summed E-state index contributed by atoms with van der Waals surface area (Å²) < 4.78 is 10.2. The van der Waals surface area contributed by atoms with Gasteiger partial charge in [0.05, 0.1) is 0 Å². The van der Waals surface area contributed by atoms with Crippen LogP contribution in [0.1, 0.15) is 44.3 Å². The number of ether oxygens (including phenoxy) is 1. The van der Waals surface area contributed by atoms with Crippen molar-refractivity contribution in [2.24, 2.45) is 5.92 Å². The predicted octanol–water partition coefficient (Wildman–Crippen LogP) is 1.51. The van der Waals surface area contributed by atoms with Gasteiger partial charge in [-0.15, -0.1) is 0 Å². The van der Waals surface area contributed by atoms with Crippen LogP contribution in [0.15, 0.2) is 4.52 Å². The van der Waals surface area contributed by atoms with Crippen molar-refractivity contribution in [3.8, 4) is 0 Å². The number of aromatic nitrogens is 2. The molecule has 1 aromatic heterocycles. The van der Waals surface area contributed by atoms with Gasteiger partial charge in [-0.25, -0.2) is 0 Å². The monoisotopic (exact) mass is 279 g/mol. The summed E-state index contributed by atoms with van der Waals surface area (Å²) in [6.07, 6.45) is 4.06. The van der Waals surface area contributed by atoms with Crippen molar-refractivity contribution < 1.29 is 14.1 Å². The number of hydrogen-bond donors (Lipinski definition) is 0. The van der Waals surface area contributed by atoms with Crippen molar-refractivity contribution in [2.75, 3.05) is 20.2 Å². The third-order valence-electron chi connectivity index (χ3n) is 4.21. The number of carbonyl (C=O) groups excluding carboxylic acids is 1. The minimum Gasteiger partial charge on any atom is -0.375 e. The van der Waals surface area contributed by atoms with Crippen molar-refractivity contribution in [3.05, 3.63) is 11.7 Å². The molecule has 2 aliphatic rings. The lowest BCUT2D eigenvalue weighted by Gasteiger charge is -2.38. The molecule has 3 rings (SSSR count). The molecule has 20 heavy (non-hydrogen) atoms. The summed E-state index contributed by atoms with van der Waals surface area (Å²) >= 11 is 0. The molecule has 1 atom stereocenters. The Morgan fingerprint density at radius 1 is 1.55 bits per heavy atom. The lowest BCUT2D eigenvalue weighted by atomic mass is 9.81. The fourth-order valence-electron chi connectivity index (χ4n) is 2.88. The maximum absolute atomic E-state index is 12.2. The Bertz CT molecular complexity index is 498. The number of methoxy groups -OCH3 is 1. The van der Waals surface area contributed by atoms with E-state index in [2.05, 4.69) is 17.1 Å². The molecule has 0 N–H and O–H groups in total. The van der Waals surface area contributed by atoms with Gasteiger partial charge in [0.15, 0.2) is 5.82 Å². The smallest absolute Gasteiger partial charge is 0.252 e. The van der Waals surface area contributed by atoms with Crippen molar-refractivity contribution in [1.29, 1.82) is 0 Å². The number of likely N-dealkylation sites (tertiary alicyclic amines) is 1. The summed E-state index contributed by atoms with van der Waals surface area (Å²) in [6.45, 7) is 3.98. The Morgan fingerprint density at radius 3 is 3.05 bits per heavy atom. The van der Waals surface area contributed by atoms with E-state index in [4.69, 9.17) is 9.26 Å². The SMILES string of the molecule is COCc1nc(C2(C)CCCN(C(=O)C3CC3)C2)no1. The Balaban J connectivity index is 1.73. The van der Waals surface area contributed by atoms with Crippen molar-refractivity contribution >= 4 is 5.91 Å². The molecule has 110 valence electrons. The zero-order chi connectivity index (χ0) is 14.2. The molecule has 0 spiro atoms. The first-order chi connectivity index (χ1) is 9.62. The molecule has 1 aliphatic heterocycles. The van der Waals surface area contributed by atoms with Gasteiger partial charge in [-0.1, -0.05) is 12.1 Å². The second kappa shape index (κ2) is 5.16. The molecular weight excluding hydrogens is 258 g/mol. The van der Waals surface area contributed by atoms with Crippen LogP contribution in [0.2, 0.25) is 0 Å². The van der Waals surface area contributed by atoms with Gasteiger partial charge >= 0.3 is 0 Å². The van der Waals surface area contributed by atoms with Crippen LogP contribution in [0, 0.1) is 5.92 Å². The van der Waals surface area contributed by atoms with Gasteiger partial charge in [-0.2, -0.15) is 4.98 Å². The second-order valence-corrected chi connectivity index (χ2v) is 6.14. The first kappa shape index (κ1) is 13.5. The molecule has 1 aromatic rings. The highest BCUT2D eigenvalue weighted by Gasteiger charge is 2.41. The highest BCUT2D eigenvalue weighted by molar-refractivity contribution is 5.81. The van der Waals surface area contributed by atoms with E-state index in [9.17, 15) is 4.79 Å². The van der Waals surface area contributed by atoms with Crippen LogP contribution in [0.5, 0.6) is 0 Å². The van der Waals surface area contributed by atoms with Crippen LogP contribution >= 0.6 is 0 Å². The average Bonchev–Trinajstić information content (AvgIpc) is 3.18. The minimum absolute atomic E-state index is 0.210. The lowest BCUT2D eigenvalue weighted by Crippen LogP contribution is -2.48. The van der Waals surface area contributed by atoms with Crippen LogP contribution < -0.4 is 0 Å². The molecule has 1 amide bonds. The normalized spacial score (nSPS) is 26.8. The summed E-state index contributed by atoms with van der Waals surface area (Å²) in [6, 6.07) is 0. The third kappa shape index (κ3) is 2.57. The lowest BCUT2D eigenvalue weighted by molar-refractivity contribution is -0.134. The van der Waals surface area contributed by atoms with Crippen molar-refractivity contribution in [3.63, 3.8) is 0 Å². The Morgan fingerprint density at radius 2 is 2.35 bits per heavy atom. The van der Waals surface area contributed by atoms with E-state index in [1.807, 2.05) is 4.90 Å². The number of amides is 1. The standard InChI is InChI=1S/C14H21N3O3/c1-14(13-15-11(8-19-2)20-16-13)6-3-7-17(9-14)12(18)10-4-5-10/h10H,3-9H2,1-2H3. The van der Waals surface area contributed by atoms with Gasteiger partial charge in [0.25, 0.3) is 5.89 Å².